The van der Waals surface area contributed by atoms with Crippen LogP contribution in [0.2, 0.25) is 10.0 Å². The second-order valence-corrected chi connectivity index (χ2v) is 8.83. The fraction of sp³-hybridized carbons (Fsp3) is 0.368. The van der Waals surface area contributed by atoms with E-state index in [1.165, 1.54) is 0 Å². The largest absolute Gasteiger partial charge is 0.512 e. The summed E-state index contributed by atoms with van der Waals surface area (Å²) in [6.45, 7) is 4.86. The van der Waals surface area contributed by atoms with Crippen LogP contribution in [0.25, 0.3) is 0 Å². The number of unbranched alkanes of at least 4 members (excludes halogenated alkanes) is 1. The molecule has 0 aliphatic carbocycles. The molecule has 0 saturated heterocycles. The minimum atomic E-state index is -3.70. The first-order valence-electron chi connectivity index (χ1n) is 8.63. The third-order valence-electron chi connectivity index (χ3n) is 3.62. The van der Waals surface area contributed by atoms with Crippen LogP contribution < -0.4 is 14.1 Å². The SMILES string of the molecule is CC(C)CCCCNP(=O)(Oc1ccccc1Cl)Oc1ccccc1Cl. The van der Waals surface area contributed by atoms with E-state index in [9.17, 15) is 4.57 Å². The number of nitrogens with one attached hydrogen (secondary N) is 1. The van der Waals surface area contributed by atoms with Gasteiger partial charge in [-0.05, 0) is 36.6 Å². The summed E-state index contributed by atoms with van der Waals surface area (Å²) in [5.41, 5.74) is 0. The van der Waals surface area contributed by atoms with E-state index in [1.807, 2.05) is 0 Å². The van der Waals surface area contributed by atoms with E-state index in [1.54, 1.807) is 48.5 Å². The number of hydrogen-bond donors (Lipinski definition) is 1. The second-order valence-electron chi connectivity index (χ2n) is 6.34. The average molecular weight is 416 g/mol. The van der Waals surface area contributed by atoms with Crippen LogP contribution in [0.1, 0.15) is 33.1 Å². The Kier molecular flexibility index (Phi) is 8.30. The Morgan fingerprint density at radius 1 is 0.923 bits per heavy atom. The summed E-state index contributed by atoms with van der Waals surface area (Å²) in [5.74, 6) is 1.22. The van der Waals surface area contributed by atoms with Gasteiger partial charge in [-0.3, -0.25) is 0 Å². The van der Waals surface area contributed by atoms with Gasteiger partial charge in [0, 0.05) is 6.54 Å². The molecule has 1 N–H and O–H groups in total. The highest BCUT2D eigenvalue weighted by molar-refractivity contribution is 7.52. The molecule has 142 valence electrons. The van der Waals surface area contributed by atoms with Gasteiger partial charge in [0.05, 0.1) is 10.0 Å². The first kappa shape index (κ1) is 21.1. The van der Waals surface area contributed by atoms with E-state index in [0.717, 1.165) is 19.3 Å². The molecule has 4 nitrogen and oxygen atoms in total. The monoisotopic (exact) mass is 415 g/mol. The molecule has 0 aromatic heterocycles. The zero-order chi connectivity index (χ0) is 19.0. The molecule has 2 rings (SSSR count). The topological polar surface area (TPSA) is 47.6 Å². The van der Waals surface area contributed by atoms with Gasteiger partial charge in [-0.1, -0.05) is 74.2 Å². The highest BCUT2D eigenvalue weighted by Gasteiger charge is 2.29. The summed E-state index contributed by atoms with van der Waals surface area (Å²) in [7, 11) is -3.70. The molecular formula is C19H24Cl2NO3P. The fourth-order valence-electron chi connectivity index (χ4n) is 2.27. The van der Waals surface area contributed by atoms with E-state index in [-0.39, 0.29) is 0 Å². The van der Waals surface area contributed by atoms with Crippen LogP contribution in [-0.4, -0.2) is 6.54 Å². The summed E-state index contributed by atoms with van der Waals surface area (Å²) in [6.07, 6.45) is 3.01. The molecule has 0 fully saturated rings. The second kappa shape index (κ2) is 10.2. The standard InChI is InChI=1S/C19H24Cl2NO3P/c1-15(2)9-7-8-14-22-26(23,24-18-12-5-3-10-16(18)20)25-19-13-6-4-11-17(19)21/h3-6,10-13,15H,7-9,14H2,1-2H3,(H,22,23). The number of halogens is 2. The van der Waals surface area contributed by atoms with Crippen molar-refractivity contribution in [3.8, 4) is 11.5 Å². The summed E-state index contributed by atoms with van der Waals surface area (Å²) < 4.78 is 24.6. The minimum absolute atomic E-state index is 0.291. The molecule has 0 saturated carbocycles. The lowest BCUT2D eigenvalue weighted by Gasteiger charge is -2.21. The normalized spacial score (nSPS) is 11.6. The van der Waals surface area contributed by atoms with Crippen molar-refractivity contribution in [2.75, 3.05) is 6.54 Å². The van der Waals surface area contributed by atoms with Crippen molar-refractivity contribution in [3.63, 3.8) is 0 Å². The highest BCUT2D eigenvalue weighted by Crippen LogP contribution is 2.47. The van der Waals surface area contributed by atoms with Gasteiger partial charge in [0.2, 0.25) is 0 Å². The van der Waals surface area contributed by atoms with Gasteiger partial charge in [-0.25, -0.2) is 9.65 Å². The zero-order valence-electron chi connectivity index (χ0n) is 15.0. The molecule has 26 heavy (non-hydrogen) atoms. The minimum Gasteiger partial charge on any atom is -0.403 e. The van der Waals surface area contributed by atoms with Crippen LogP contribution in [0.5, 0.6) is 11.5 Å². The molecular weight excluding hydrogens is 392 g/mol. The lowest BCUT2D eigenvalue weighted by Crippen LogP contribution is -2.20. The Morgan fingerprint density at radius 2 is 1.42 bits per heavy atom. The lowest BCUT2D eigenvalue weighted by atomic mass is 10.1. The maximum absolute atomic E-state index is 13.3. The van der Waals surface area contributed by atoms with Crippen molar-refractivity contribution in [1.82, 2.24) is 5.09 Å². The number of para-hydroxylation sites is 2. The zero-order valence-corrected chi connectivity index (χ0v) is 17.4. The third-order valence-corrected chi connectivity index (χ3v) is 5.73. The molecule has 0 spiro atoms. The summed E-state index contributed by atoms with van der Waals surface area (Å²) in [5, 5.41) is 3.63. The average Bonchev–Trinajstić information content (AvgIpc) is 2.58. The van der Waals surface area contributed by atoms with Gasteiger partial charge in [0.1, 0.15) is 11.5 Å². The van der Waals surface area contributed by atoms with Crippen molar-refractivity contribution >= 4 is 30.9 Å². The molecule has 0 atom stereocenters. The molecule has 0 radical (unpaired) electrons. The van der Waals surface area contributed by atoms with Gasteiger partial charge < -0.3 is 9.05 Å². The molecule has 0 aliphatic rings. The summed E-state index contributed by atoms with van der Waals surface area (Å²) in [6, 6.07) is 13.7. The highest BCUT2D eigenvalue weighted by atomic mass is 35.5. The maximum atomic E-state index is 13.3. The van der Waals surface area contributed by atoms with E-state index in [0.29, 0.717) is 34.0 Å². The van der Waals surface area contributed by atoms with Crippen LogP contribution in [0.15, 0.2) is 48.5 Å². The number of benzene rings is 2. The van der Waals surface area contributed by atoms with E-state index in [2.05, 4.69) is 18.9 Å². The molecule has 0 bridgehead atoms. The van der Waals surface area contributed by atoms with Gasteiger partial charge in [0.25, 0.3) is 0 Å². The van der Waals surface area contributed by atoms with E-state index in [4.69, 9.17) is 32.2 Å². The predicted octanol–water partition coefficient (Wildman–Crippen LogP) is 6.98. The summed E-state index contributed by atoms with van der Waals surface area (Å²) in [4.78, 5) is 0. The van der Waals surface area contributed by atoms with Crippen molar-refractivity contribution in [2.45, 2.75) is 33.1 Å². The first-order chi connectivity index (χ1) is 12.4. The molecule has 7 heteroatoms. The quantitative estimate of drug-likeness (QED) is 0.336. The van der Waals surface area contributed by atoms with E-state index < -0.39 is 7.75 Å². The lowest BCUT2D eigenvalue weighted by molar-refractivity contribution is 0.369. The molecule has 0 heterocycles. The Bertz CT molecular complexity index is 704. The van der Waals surface area contributed by atoms with Crippen molar-refractivity contribution in [1.29, 1.82) is 0 Å². The predicted molar refractivity (Wildman–Crippen MR) is 108 cm³/mol. The van der Waals surface area contributed by atoms with Crippen molar-refractivity contribution in [3.05, 3.63) is 58.6 Å². The van der Waals surface area contributed by atoms with Gasteiger partial charge in [-0.2, -0.15) is 0 Å². The smallest absolute Gasteiger partial charge is 0.403 e. The Morgan fingerprint density at radius 3 is 1.88 bits per heavy atom. The molecule has 0 amide bonds. The number of hydrogen-bond acceptors (Lipinski definition) is 3. The molecule has 2 aromatic rings. The first-order valence-corrected chi connectivity index (χ1v) is 10.9. The van der Waals surface area contributed by atoms with E-state index >= 15 is 0 Å². The Balaban J connectivity index is 2.11. The van der Waals surface area contributed by atoms with Crippen LogP contribution in [0.3, 0.4) is 0 Å². The molecule has 0 unspecified atom stereocenters. The maximum Gasteiger partial charge on any atom is 0.512 e. The number of rotatable bonds is 10. The van der Waals surface area contributed by atoms with Crippen LogP contribution in [-0.2, 0) is 4.57 Å². The van der Waals surface area contributed by atoms with Gasteiger partial charge in [-0.15, -0.1) is 0 Å². The van der Waals surface area contributed by atoms with Gasteiger partial charge in [0.15, 0.2) is 0 Å². The Labute approximate surface area is 165 Å². The molecule has 0 aliphatic heterocycles. The molecule has 2 aromatic carbocycles. The van der Waals surface area contributed by atoms with Crippen molar-refractivity contribution < 1.29 is 13.6 Å². The van der Waals surface area contributed by atoms with Crippen LogP contribution in [0.4, 0.5) is 0 Å². The summed E-state index contributed by atoms with van der Waals surface area (Å²) >= 11 is 12.3. The van der Waals surface area contributed by atoms with Gasteiger partial charge >= 0.3 is 7.75 Å². The van der Waals surface area contributed by atoms with Crippen molar-refractivity contribution in [2.24, 2.45) is 5.92 Å². The third kappa shape index (κ3) is 6.85. The van der Waals surface area contributed by atoms with Crippen LogP contribution >= 0.6 is 30.9 Å². The van der Waals surface area contributed by atoms with Crippen LogP contribution in [0, 0.1) is 5.92 Å². The fourth-order valence-corrected chi connectivity index (χ4v) is 4.16. The Hall–Kier alpha value is -1.19.